The van der Waals surface area contributed by atoms with Crippen molar-refractivity contribution in [2.45, 2.75) is 6.92 Å². The molecule has 0 bridgehead atoms. The average molecular weight is 309 g/mol. The van der Waals surface area contributed by atoms with E-state index in [9.17, 15) is 9.50 Å². The lowest BCUT2D eigenvalue weighted by Crippen LogP contribution is -1.84. The number of hydrogen-bond donors (Lipinski definition) is 2. The van der Waals surface area contributed by atoms with E-state index in [1.54, 1.807) is 12.1 Å². The zero-order valence-corrected chi connectivity index (χ0v) is 12.2. The predicted octanol–water partition coefficient (Wildman–Crippen LogP) is 4.04. The minimum absolute atomic E-state index is 0.207. The molecule has 0 saturated heterocycles. The van der Waals surface area contributed by atoms with Gasteiger partial charge in [0.25, 0.3) is 5.89 Å². The Kier molecular flexibility index (Phi) is 2.90. The molecule has 6 heteroatoms. The molecule has 0 unspecified atom stereocenters. The molecule has 23 heavy (non-hydrogen) atoms. The maximum Gasteiger partial charge on any atom is 0.412 e. The van der Waals surface area contributed by atoms with Crippen LogP contribution in [0.2, 0.25) is 0 Å². The molecule has 0 amide bonds. The van der Waals surface area contributed by atoms with E-state index in [0.717, 1.165) is 27.7 Å². The van der Waals surface area contributed by atoms with Crippen LogP contribution in [0.15, 0.2) is 46.9 Å². The molecule has 2 aromatic carbocycles. The lowest BCUT2D eigenvalue weighted by atomic mass is 10.0. The number of para-hydroxylation sites is 1. The number of aryl methyl sites for hydroxylation is 1. The van der Waals surface area contributed by atoms with Crippen molar-refractivity contribution >= 4 is 10.9 Å². The summed E-state index contributed by atoms with van der Waals surface area (Å²) in [5, 5.41) is 17.7. The molecule has 2 heterocycles. The van der Waals surface area contributed by atoms with Gasteiger partial charge in [-0.3, -0.25) is 0 Å². The van der Waals surface area contributed by atoms with Gasteiger partial charge in [-0.2, -0.15) is 0 Å². The Morgan fingerprint density at radius 3 is 2.57 bits per heavy atom. The first-order valence-electron chi connectivity index (χ1n) is 7.03. The first kappa shape index (κ1) is 13.5. The predicted molar refractivity (Wildman–Crippen MR) is 83.4 cm³/mol. The van der Waals surface area contributed by atoms with Crippen molar-refractivity contribution in [1.29, 1.82) is 0 Å². The third-order valence-corrected chi connectivity index (χ3v) is 3.80. The van der Waals surface area contributed by atoms with Gasteiger partial charge in [0.15, 0.2) is 0 Å². The Hall–Kier alpha value is -3.15. The van der Waals surface area contributed by atoms with Crippen LogP contribution < -0.4 is 0 Å². The largest absolute Gasteiger partial charge is 0.465 e. The van der Waals surface area contributed by atoms with Crippen molar-refractivity contribution in [3.63, 3.8) is 0 Å². The van der Waals surface area contributed by atoms with E-state index in [4.69, 9.17) is 4.42 Å². The van der Waals surface area contributed by atoms with Crippen LogP contribution in [-0.2, 0) is 0 Å². The highest BCUT2D eigenvalue weighted by Gasteiger charge is 2.20. The van der Waals surface area contributed by atoms with E-state index in [2.05, 4.69) is 15.2 Å². The van der Waals surface area contributed by atoms with Crippen LogP contribution in [0.5, 0.6) is 6.08 Å². The van der Waals surface area contributed by atoms with Crippen LogP contribution in [-0.4, -0.2) is 20.3 Å². The molecular formula is C17H12FN3O2. The Balaban J connectivity index is 2.06. The molecule has 4 rings (SSSR count). The quantitative estimate of drug-likeness (QED) is 0.586. The molecule has 0 aliphatic carbocycles. The second-order valence-corrected chi connectivity index (χ2v) is 5.27. The SMILES string of the molecule is Cc1cccc2c(-c3nnc(O)o3)c(-c3ccc(F)cc3)[nH]c12. The number of hydrogen-bond acceptors (Lipinski definition) is 4. The number of halogens is 1. The van der Waals surface area contributed by atoms with Gasteiger partial charge in [-0.05, 0) is 42.3 Å². The number of nitrogens with one attached hydrogen (secondary N) is 1. The highest BCUT2D eigenvalue weighted by atomic mass is 19.1. The minimum atomic E-state index is -0.493. The number of aromatic amines is 1. The summed E-state index contributed by atoms with van der Waals surface area (Å²) >= 11 is 0. The van der Waals surface area contributed by atoms with E-state index in [1.165, 1.54) is 12.1 Å². The number of aromatic hydroxyl groups is 1. The summed E-state index contributed by atoms with van der Waals surface area (Å²) in [4.78, 5) is 3.34. The van der Waals surface area contributed by atoms with E-state index in [-0.39, 0.29) is 11.7 Å². The second-order valence-electron chi connectivity index (χ2n) is 5.27. The van der Waals surface area contributed by atoms with Gasteiger partial charge in [0.05, 0.1) is 11.3 Å². The molecule has 114 valence electrons. The Bertz CT molecular complexity index is 1000. The number of rotatable bonds is 2. The second kappa shape index (κ2) is 4.95. The van der Waals surface area contributed by atoms with Crippen LogP contribution in [0.25, 0.3) is 33.6 Å². The van der Waals surface area contributed by atoms with Gasteiger partial charge in [0, 0.05) is 10.9 Å². The van der Waals surface area contributed by atoms with Crippen LogP contribution in [0.1, 0.15) is 5.56 Å². The van der Waals surface area contributed by atoms with Crippen molar-refractivity contribution in [2.24, 2.45) is 0 Å². The summed E-state index contributed by atoms with van der Waals surface area (Å²) in [6.07, 6.45) is -0.493. The molecule has 0 saturated carbocycles. The van der Waals surface area contributed by atoms with E-state index < -0.39 is 6.08 Å². The fraction of sp³-hybridized carbons (Fsp3) is 0.0588. The first-order chi connectivity index (χ1) is 11.1. The van der Waals surface area contributed by atoms with Crippen LogP contribution in [0.3, 0.4) is 0 Å². The number of aromatic nitrogens is 3. The van der Waals surface area contributed by atoms with Crippen LogP contribution in [0.4, 0.5) is 4.39 Å². The summed E-state index contributed by atoms with van der Waals surface area (Å²) < 4.78 is 18.4. The topological polar surface area (TPSA) is 74.9 Å². The highest BCUT2D eigenvalue weighted by molar-refractivity contribution is 6.03. The fourth-order valence-corrected chi connectivity index (χ4v) is 2.74. The van der Waals surface area contributed by atoms with Crippen LogP contribution in [0, 0.1) is 12.7 Å². The molecule has 5 nitrogen and oxygen atoms in total. The zero-order chi connectivity index (χ0) is 16.0. The number of benzene rings is 2. The normalized spacial score (nSPS) is 11.2. The van der Waals surface area contributed by atoms with Gasteiger partial charge in [-0.1, -0.05) is 23.3 Å². The monoisotopic (exact) mass is 309 g/mol. The Morgan fingerprint density at radius 2 is 1.87 bits per heavy atom. The van der Waals surface area contributed by atoms with Crippen molar-refractivity contribution in [3.05, 3.63) is 53.8 Å². The van der Waals surface area contributed by atoms with E-state index in [1.807, 2.05) is 25.1 Å². The van der Waals surface area contributed by atoms with Gasteiger partial charge in [0.2, 0.25) is 0 Å². The molecule has 0 fully saturated rings. The van der Waals surface area contributed by atoms with Gasteiger partial charge in [-0.25, -0.2) is 4.39 Å². The molecule has 4 aromatic rings. The molecule has 2 aromatic heterocycles. The van der Waals surface area contributed by atoms with Crippen molar-refractivity contribution in [1.82, 2.24) is 15.2 Å². The van der Waals surface area contributed by atoms with Gasteiger partial charge in [-0.15, -0.1) is 5.10 Å². The Labute approximate surface area is 130 Å². The molecular weight excluding hydrogens is 297 g/mol. The number of H-pyrrole nitrogens is 1. The molecule has 2 N–H and O–H groups in total. The summed E-state index contributed by atoms with van der Waals surface area (Å²) in [7, 11) is 0. The Morgan fingerprint density at radius 1 is 1.09 bits per heavy atom. The summed E-state index contributed by atoms with van der Waals surface area (Å²) in [6.45, 7) is 1.99. The molecule has 0 spiro atoms. The smallest absolute Gasteiger partial charge is 0.412 e. The summed E-state index contributed by atoms with van der Waals surface area (Å²) in [5.41, 5.74) is 4.19. The van der Waals surface area contributed by atoms with Crippen molar-refractivity contribution in [3.8, 4) is 28.8 Å². The number of fused-ring (bicyclic) bond motifs is 1. The number of nitrogens with zero attached hydrogens (tertiary/aromatic N) is 2. The third kappa shape index (κ3) is 2.15. The average Bonchev–Trinajstić information content (AvgIpc) is 3.12. The maximum atomic E-state index is 13.2. The van der Waals surface area contributed by atoms with Crippen molar-refractivity contribution < 1.29 is 13.9 Å². The standard InChI is InChI=1S/C17H12FN3O2/c1-9-3-2-4-12-13(16-20-21-17(22)23-16)15(19-14(9)12)10-5-7-11(18)8-6-10/h2-8,19H,1H3,(H,21,22). The van der Waals surface area contributed by atoms with Gasteiger partial charge < -0.3 is 14.5 Å². The molecule has 0 aliphatic heterocycles. The zero-order valence-electron chi connectivity index (χ0n) is 12.2. The molecule has 0 aliphatic rings. The minimum Gasteiger partial charge on any atom is -0.465 e. The third-order valence-electron chi connectivity index (χ3n) is 3.80. The van der Waals surface area contributed by atoms with E-state index >= 15 is 0 Å². The molecule has 0 atom stereocenters. The van der Waals surface area contributed by atoms with Crippen LogP contribution >= 0.6 is 0 Å². The lowest BCUT2D eigenvalue weighted by molar-refractivity contribution is 0.320. The lowest BCUT2D eigenvalue weighted by Gasteiger charge is -2.01. The first-order valence-corrected chi connectivity index (χ1v) is 7.03. The van der Waals surface area contributed by atoms with Crippen molar-refractivity contribution in [2.75, 3.05) is 0 Å². The highest BCUT2D eigenvalue weighted by Crippen LogP contribution is 2.39. The summed E-state index contributed by atoms with van der Waals surface area (Å²) in [6, 6.07) is 12.0. The van der Waals surface area contributed by atoms with E-state index in [0.29, 0.717) is 5.56 Å². The fourth-order valence-electron chi connectivity index (χ4n) is 2.74. The van der Waals surface area contributed by atoms with Gasteiger partial charge in [0.1, 0.15) is 5.82 Å². The molecule has 0 radical (unpaired) electrons. The maximum absolute atomic E-state index is 13.2. The van der Waals surface area contributed by atoms with Gasteiger partial charge >= 0.3 is 6.08 Å². The summed E-state index contributed by atoms with van der Waals surface area (Å²) in [5.74, 6) is -0.100.